The summed E-state index contributed by atoms with van der Waals surface area (Å²) in [6.07, 6.45) is 3.67. The Morgan fingerprint density at radius 3 is 2.38 bits per heavy atom. The van der Waals surface area contributed by atoms with Gasteiger partial charge in [0.05, 0.1) is 6.04 Å². The Morgan fingerprint density at radius 1 is 0.971 bits per heavy atom. The van der Waals surface area contributed by atoms with Crippen LogP contribution in [0.2, 0.25) is 5.02 Å². The van der Waals surface area contributed by atoms with E-state index >= 15 is 0 Å². The first-order valence-electron chi connectivity index (χ1n) is 11.9. The van der Waals surface area contributed by atoms with Gasteiger partial charge in [-0.1, -0.05) is 72.3 Å². The van der Waals surface area contributed by atoms with Crippen LogP contribution in [0.3, 0.4) is 0 Å². The number of Topliss-reactive ketones (excluding diaryl/α,β-unsaturated/α-hetero) is 1. The molecule has 2 atom stereocenters. The standard InChI is InChI=1S/C29H29ClN2O2/c30-23-12-10-22(11-13-23)27(29(34)28(33)25-19-31-26-9-5-4-8-24(25)26)32-16-14-21(15-17-32)18-20-6-2-1-3-7-20/h1-13,19,21,27,29,31,34H,14-18H2/t27-,29-/m1/s1. The Kier molecular flexibility index (Phi) is 6.82. The van der Waals surface area contributed by atoms with Gasteiger partial charge in [0, 0.05) is 27.7 Å². The van der Waals surface area contributed by atoms with Crippen molar-refractivity contribution in [1.82, 2.24) is 9.88 Å². The highest BCUT2D eigenvalue weighted by atomic mass is 35.5. The minimum Gasteiger partial charge on any atom is -0.383 e. The number of para-hydroxylation sites is 1. The Hall–Kier alpha value is -2.92. The number of aliphatic hydroxyl groups is 1. The van der Waals surface area contributed by atoms with Gasteiger partial charge in [-0.25, -0.2) is 0 Å². The molecular weight excluding hydrogens is 444 g/mol. The first-order chi connectivity index (χ1) is 16.6. The Bertz CT molecular complexity index is 1240. The molecule has 5 rings (SSSR count). The number of aliphatic hydroxyl groups excluding tert-OH is 1. The normalized spacial score (nSPS) is 17.0. The third-order valence-electron chi connectivity index (χ3n) is 7.04. The van der Waals surface area contributed by atoms with Gasteiger partial charge in [0.2, 0.25) is 0 Å². The molecule has 3 aromatic carbocycles. The minimum absolute atomic E-state index is 0.260. The zero-order valence-corrected chi connectivity index (χ0v) is 19.8. The second-order valence-corrected chi connectivity index (χ2v) is 9.66. The van der Waals surface area contributed by atoms with Gasteiger partial charge in [0.15, 0.2) is 5.78 Å². The van der Waals surface area contributed by atoms with Crippen LogP contribution in [0.4, 0.5) is 0 Å². The van der Waals surface area contributed by atoms with Crippen molar-refractivity contribution in [2.45, 2.75) is 31.4 Å². The van der Waals surface area contributed by atoms with Gasteiger partial charge < -0.3 is 10.1 Å². The summed E-state index contributed by atoms with van der Waals surface area (Å²) in [5.74, 6) is 0.342. The number of ketones is 1. The molecule has 0 saturated carbocycles. The van der Waals surface area contributed by atoms with E-state index in [1.54, 1.807) is 6.20 Å². The SMILES string of the molecule is O=C(c1c[nH]c2ccccc12)[C@H](O)[C@@H](c1ccc(Cl)cc1)N1CCC(Cc2ccccc2)CC1. The fourth-order valence-electron chi connectivity index (χ4n) is 5.21. The van der Waals surface area contributed by atoms with Crippen molar-refractivity contribution < 1.29 is 9.90 Å². The number of aromatic nitrogens is 1. The van der Waals surface area contributed by atoms with Gasteiger partial charge >= 0.3 is 0 Å². The number of benzene rings is 3. The van der Waals surface area contributed by atoms with Crippen molar-refractivity contribution in [1.29, 1.82) is 0 Å². The van der Waals surface area contributed by atoms with Crippen LogP contribution < -0.4 is 0 Å². The molecule has 174 valence electrons. The molecule has 1 fully saturated rings. The second kappa shape index (κ2) is 10.1. The van der Waals surface area contributed by atoms with Crippen molar-refractivity contribution in [2.75, 3.05) is 13.1 Å². The van der Waals surface area contributed by atoms with E-state index in [0.717, 1.165) is 48.8 Å². The summed E-state index contributed by atoms with van der Waals surface area (Å²) in [5, 5.41) is 12.9. The number of H-pyrrole nitrogens is 1. The lowest BCUT2D eigenvalue weighted by Gasteiger charge is -2.39. The van der Waals surface area contributed by atoms with Crippen molar-refractivity contribution in [3.05, 3.63) is 107 Å². The molecule has 34 heavy (non-hydrogen) atoms. The monoisotopic (exact) mass is 472 g/mol. The Labute approximate surface area is 205 Å². The first-order valence-corrected chi connectivity index (χ1v) is 12.3. The average molecular weight is 473 g/mol. The zero-order chi connectivity index (χ0) is 23.5. The fraction of sp³-hybridized carbons (Fsp3) is 0.276. The lowest BCUT2D eigenvalue weighted by Crippen LogP contribution is -2.44. The van der Waals surface area contributed by atoms with E-state index in [1.165, 1.54) is 5.56 Å². The maximum atomic E-state index is 13.5. The van der Waals surface area contributed by atoms with Gasteiger partial charge in [0.25, 0.3) is 0 Å². The molecular formula is C29H29ClN2O2. The Balaban J connectivity index is 1.37. The van der Waals surface area contributed by atoms with E-state index in [9.17, 15) is 9.90 Å². The summed E-state index contributed by atoms with van der Waals surface area (Å²) in [7, 11) is 0. The molecule has 4 nitrogen and oxygen atoms in total. The molecule has 1 aliphatic heterocycles. The molecule has 4 aromatic rings. The second-order valence-electron chi connectivity index (χ2n) is 9.22. The van der Waals surface area contributed by atoms with E-state index in [1.807, 2.05) is 48.5 Å². The van der Waals surface area contributed by atoms with E-state index in [-0.39, 0.29) is 5.78 Å². The quantitative estimate of drug-likeness (QED) is 0.321. The van der Waals surface area contributed by atoms with E-state index in [2.05, 4.69) is 40.2 Å². The number of nitrogens with zero attached hydrogens (tertiary/aromatic N) is 1. The molecule has 0 unspecified atom stereocenters. The highest BCUT2D eigenvalue weighted by Gasteiger charge is 2.36. The number of carbonyl (C=O) groups is 1. The van der Waals surface area contributed by atoms with Gasteiger partial charge in [-0.2, -0.15) is 0 Å². The minimum atomic E-state index is -1.17. The van der Waals surface area contributed by atoms with Crippen LogP contribution >= 0.6 is 11.6 Å². The maximum absolute atomic E-state index is 13.5. The molecule has 0 aliphatic carbocycles. The fourth-order valence-corrected chi connectivity index (χ4v) is 5.34. The Morgan fingerprint density at radius 2 is 1.65 bits per heavy atom. The number of halogens is 1. The summed E-state index contributed by atoms with van der Waals surface area (Å²) < 4.78 is 0. The summed E-state index contributed by atoms with van der Waals surface area (Å²) >= 11 is 6.14. The maximum Gasteiger partial charge on any atom is 0.195 e. The van der Waals surface area contributed by atoms with Crippen molar-refractivity contribution >= 4 is 28.3 Å². The largest absolute Gasteiger partial charge is 0.383 e. The number of fused-ring (bicyclic) bond motifs is 1. The van der Waals surface area contributed by atoms with Crippen LogP contribution in [0.15, 0.2) is 85.1 Å². The summed E-state index contributed by atoms with van der Waals surface area (Å²) in [5.41, 5.74) is 3.69. The smallest absolute Gasteiger partial charge is 0.195 e. The van der Waals surface area contributed by atoms with Gasteiger partial charge in [0.1, 0.15) is 6.10 Å². The van der Waals surface area contributed by atoms with Gasteiger partial charge in [-0.05, 0) is 67.6 Å². The van der Waals surface area contributed by atoms with Crippen LogP contribution in [0.25, 0.3) is 10.9 Å². The molecule has 0 radical (unpaired) electrons. The van der Waals surface area contributed by atoms with E-state index < -0.39 is 12.1 Å². The number of aromatic amines is 1. The molecule has 0 bridgehead atoms. The number of piperidine rings is 1. The topological polar surface area (TPSA) is 56.3 Å². The summed E-state index contributed by atoms with van der Waals surface area (Å²) in [6, 6.07) is 25.4. The molecule has 1 aromatic heterocycles. The number of likely N-dealkylation sites (tertiary alicyclic amines) is 1. The molecule has 5 heteroatoms. The highest BCUT2D eigenvalue weighted by molar-refractivity contribution is 6.30. The van der Waals surface area contributed by atoms with E-state index in [0.29, 0.717) is 16.5 Å². The zero-order valence-electron chi connectivity index (χ0n) is 19.0. The lowest BCUT2D eigenvalue weighted by molar-refractivity contribution is 0.0265. The number of hydrogen-bond donors (Lipinski definition) is 2. The summed E-state index contributed by atoms with van der Waals surface area (Å²) in [4.78, 5) is 18.9. The third-order valence-corrected chi connectivity index (χ3v) is 7.30. The third kappa shape index (κ3) is 4.80. The molecule has 0 spiro atoms. The predicted molar refractivity (Wildman–Crippen MR) is 137 cm³/mol. The average Bonchev–Trinajstić information content (AvgIpc) is 3.31. The molecule has 1 aliphatic rings. The van der Waals surface area contributed by atoms with Crippen molar-refractivity contribution in [2.24, 2.45) is 5.92 Å². The van der Waals surface area contributed by atoms with Crippen LogP contribution in [-0.4, -0.2) is 40.0 Å². The predicted octanol–water partition coefficient (Wildman–Crippen LogP) is 6.06. The van der Waals surface area contributed by atoms with Crippen LogP contribution in [-0.2, 0) is 6.42 Å². The highest BCUT2D eigenvalue weighted by Crippen LogP contribution is 2.33. The summed E-state index contributed by atoms with van der Waals surface area (Å²) in [6.45, 7) is 1.67. The van der Waals surface area contributed by atoms with Crippen molar-refractivity contribution in [3.63, 3.8) is 0 Å². The number of carbonyl (C=O) groups excluding carboxylic acids is 1. The van der Waals surface area contributed by atoms with Gasteiger partial charge in [-0.3, -0.25) is 9.69 Å². The first kappa shape index (κ1) is 22.9. The van der Waals surface area contributed by atoms with Crippen LogP contribution in [0, 0.1) is 5.92 Å². The number of rotatable bonds is 7. The van der Waals surface area contributed by atoms with Gasteiger partial charge in [-0.15, -0.1) is 0 Å². The number of hydrogen-bond acceptors (Lipinski definition) is 3. The van der Waals surface area contributed by atoms with E-state index in [4.69, 9.17) is 11.6 Å². The lowest BCUT2D eigenvalue weighted by atomic mass is 9.87. The molecule has 0 amide bonds. The molecule has 1 saturated heterocycles. The van der Waals surface area contributed by atoms with Crippen LogP contribution in [0.5, 0.6) is 0 Å². The molecule has 2 N–H and O–H groups in total. The van der Waals surface area contributed by atoms with Crippen molar-refractivity contribution in [3.8, 4) is 0 Å². The number of nitrogens with one attached hydrogen (secondary N) is 1. The van der Waals surface area contributed by atoms with Crippen LogP contribution in [0.1, 0.15) is 40.4 Å². The molecule has 2 heterocycles.